The van der Waals surface area contributed by atoms with Gasteiger partial charge in [0.1, 0.15) is 12.4 Å². The van der Waals surface area contributed by atoms with Gasteiger partial charge in [-0.2, -0.15) is 0 Å². The van der Waals surface area contributed by atoms with Crippen LogP contribution >= 0.6 is 0 Å². The van der Waals surface area contributed by atoms with Crippen molar-refractivity contribution >= 4 is 0 Å². The van der Waals surface area contributed by atoms with Gasteiger partial charge in [0.25, 0.3) is 0 Å². The minimum atomic E-state index is 0.711. The van der Waals surface area contributed by atoms with Crippen LogP contribution in [0.5, 0.6) is 5.75 Å². The van der Waals surface area contributed by atoms with Crippen LogP contribution in [0.25, 0.3) is 0 Å². The molecule has 0 radical (unpaired) electrons. The Kier molecular flexibility index (Phi) is 9.87. The molecule has 0 aromatic heterocycles. The number of hydrogen-bond acceptors (Lipinski definition) is 4. The zero-order chi connectivity index (χ0) is 15.3. The molecule has 0 fully saturated rings. The van der Waals surface area contributed by atoms with E-state index in [0.717, 1.165) is 51.5 Å². The summed E-state index contributed by atoms with van der Waals surface area (Å²) in [5, 5.41) is 3.42. The van der Waals surface area contributed by atoms with Crippen molar-refractivity contribution in [1.82, 2.24) is 10.2 Å². The molecule has 0 unspecified atom stereocenters. The summed E-state index contributed by atoms with van der Waals surface area (Å²) in [6, 6.07) is 8.27. The second-order valence-electron chi connectivity index (χ2n) is 5.06. The normalized spacial score (nSPS) is 11.0. The van der Waals surface area contributed by atoms with Gasteiger partial charge in [0, 0.05) is 32.3 Å². The fraction of sp³-hybridized carbons (Fsp3) is 0.647. The summed E-state index contributed by atoms with van der Waals surface area (Å²) in [5.74, 6) is 0.990. The van der Waals surface area contributed by atoms with Crippen LogP contribution in [0.15, 0.2) is 24.3 Å². The summed E-state index contributed by atoms with van der Waals surface area (Å²) in [6.07, 6.45) is 1.15. The molecule has 1 N–H and O–H groups in total. The minimum Gasteiger partial charge on any atom is -0.492 e. The zero-order valence-electron chi connectivity index (χ0n) is 13.7. The van der Waals surface area contributed by atoms with E-state index in [1.165, 1.54) is 5.56 Å². The number of rotatable bonds is 12. The molecule has 0 aliphatic heterocycles. The molecule has 1 rings (SSSR count). The van der Waals surface area contributed by atoms with Crippen LogP contribution in [-0.4, -0.2) is 51.4 Å². The number of nitrogens with zero attached hydrogens (tertiary/aromatic N) is 1. The van der Waals surface area contributed by atoms with E-state index in [2.05, 4.69) is 36.2 Å². The summed E-state index contributed by atoms with van der Waals surface area (Å²) >= 11 is 0. The molecule has 0 atom stereocenters. The highest BCUT2D eigenvalue weighted by Crippen LogP contribution is 2.17. The van der Waals surface area contributed by atoms with Crippen molar-refractivity contribution in [2.75, 3.05) is 46.5 Å². The fourth-order valence-electron chi connectivity index (χ4n) is 2.12. The van der Waals surface area contributed by atoms with E-state index >= 15 is 0 Å². The van der Waals surface area contributed by atoms with Crippen molar-refractivity contribution in [2.24, 2.45) is 0 Å². The van der Waals surface area contributed by atoms with Gasteiger partial charge in [0.15, 0.2) is 0 Å². The maximum Gasteiger partial charge on any atom is 0.123 e. The van der Waals surface area contributed by atoms with Crippen molar-refractivity contribution in [3.05, 3.63) is 29.8 Å². The monoisotopic (exact) mass is 294 g/mol. The Labute approximate surface area is 129 Å². The van der Waals surface area contributed by atoms with E-state index in [-0.39, 0.29) is 0 Å². The highest BCUT2D eigenvalue weighted by atomic mass is 16.5. The highest BCUT2D eigenvalue weighted by Gasteiger charge is 2.05. The molecule has 0 heterocycles. The molecule has 1 aromatic rings. The quantitative estimate of drug-likeness (QED) is 0.601. The molecule has 4 heteroatoms. The number of hydrogen-bond donors (Lipinski definition) is 1. The predicted molar refractivity (Wildman–Crippen MR) is 87.9 cm³/mol. The van der Waals surface area contributed by atoms with Crippen LogP contribution in [0, 0.1) is 0 Å². The number of nitrogens with one attached hydrogen (secondary N) is 1. The van der Waals surface area contributed by atoms with E-state index in [4.69, 9.17) is 9.47 Å². The van der Waals surface area contributed by atoms with Crippen LogP contribution < -0.4 is 10.1 Å². The van der Waals surface area contributed by atoms with Crippen LogP contribution in [0.1, 0.15) is 25.8 Å². The molecule has 0 bridgehead atoms. The second-order valence-corrected chi connectivity index (χ2v) is 5.06. The summed E-state index contributed by atoms with van der Waals surface area (Å²) in [4.78, 5) is 2.33. The predicted octanol–water partition coefficient (Wildman–Crippen LogP) is 2.53. The third-order valence-corrected chi connectivity index (χ3v) is 3.44. The van der Waals surface area contributed by atoms with Gasteiger partial charge in [-0.25, -0.2) is 0 Å². The molecule has 21 heavy (non-hydrogen) atoms. The standard InChI is InChI=1S/C17H30N2O2/c1-4-10-18-15-16-8-6-7-9-17(16)21-14-12-19(5-2)11-13-20-3/h6-9,18H,4-5,10-15H2,1-3H3. The second kappa shape index (κ2) is 11.5. The summed E-state index contributed by atoms with van der Waals surface area (Å²) in [5.41, 5.74) is 1.23. The fourth-order valence-corrected chi connectivity index (χ4v) is 2.12. The maximum absolute atomic E-state index is 5.96. The van der Waals surface area contributed by atoms with Crippen molar-refractivity contribution in [3.8, 4) is 5.75 Å². The Morgan fingerprint density at radius 1 is 1.10 bits per heavy atom. The molecule has 0 saturated carbocycles. The lowest BCUT2D eigenvalue weighted by atomic mass is 10.2. The van der Waals surface area contributed by atoms with E-state index in [0.29, 0.717) is 6.61 Å². The van der Waals surface area contributed by atoms with Crippen molar-refractivity contribution in [2.45, 2.75) is 26.8 Å². The first-order valence-corrected chi connectivity index (χ1v) is 7.94. The van der Waals surface area contributed by atoms with Crippen LogP contribution in [0.3, 0.4) is 0 Å². The molecule has 0 spiro atoms. The Morgan fingerprint density at radius 3 is 2.57 bits per heavy atom. The average Bonchev–Trinajstić information content (AvgIpc) is 2.52. The molecule has 0 aliphatic rings. The first-order chi connectivity index (χ1) is 10.3. The molecule has 0 aliphatic carbocycles. The number of benzene rings is 1. The lowest BCUT2D eigenvalue weighted by Crippen LogP contribution is -2.31. The summed E-state index contributed by atoms with van der Waals surface area (Å²) < 4.78 is 11.1. The highest BCUT2D eigenvalue weighted by molar-refractivity contribution is 5.33. The first-order valence-electron chi connectivity index (χ1n) is 7.94. The number of para-hydroxylation sites is 1. The van der Waals surface area contributed by atoms with Gasteiger partial charge in [0.2, 0.25) is 0 Å². The summed E-state index contributed by atoms with van der Waals surface area (Å²) in [7, 11) is 1.74. The number of ether oxygens (including phenoxy) is 2. The molecule has 120 valence electrons. The molecule has 0 amide bonds. The van der Waals surface area contributed by atoms with Gasteiger partial charge in [0.05, 0.1) is 6.61 Å². The molecular weight excluding hydrogens is 264 g/mol. The zero-order valence-corrected chi connectivity index (χ0v) is 13.7. The third-order valence-electron chi connectivity index (χ3n) is 3.44. The van der Waals surface area contributed by atoms with Crippen LogP contribution in [-0.2, 0) is 11.3 Å². The summed E-state index contributed by atoms with van der Waals surface area (Å²) in [6.45, 7) is 10.6. The molecular formula is C17H30N2O2. The largest absolute Gasteiger partial charge is 0.492 e. The Balaban J connectivity index is 2.39. The van der Waals surface area contributed by atoms with E-state index in [9.17, 15) is 0 Å². The van der Waals surface area contributed by atoms with Gasteiger partial charge in [-0.3, -0.25) is 4.90 Å². The van der Waals surface area contributed by atoms with E-state index < -0.39 is 0 Å². The Morgan fingerprint density at radius 2 is 1.86 bits per heavy atom. The van der Waals surface area contributed by atoms with Crippen molar-refractivity contribution in [1.29, 1.82) is 0 Å². The lowest BCUT2D eigenvalue weighted by Gasteiger charge is -2.20. The van der Waals surface area contributed by atoms with Crippen molar-refractivity contribution < 1.29 is 9.47 Å². The topological polar surface area (TPSA) is 33.7 Å². The smallest absolute Gasteiger partial charge is 0.123 e. The van der Waals surface area contributed by atoms with E-state index in [1.807, 2.05) is 12.1 Å². The Bertz CT molecular complexity index is 372. The molecule has 4 nitrogen and oxygen atoms in total. The average molecular weight is 294 g/mol. The molecule has 1 aromatic carbocycles. The first kappa shape index (κ1) is 18.0. The lowest BCUT2D eigenvalue weighted by molar-refractivity contribution is 0.138. The van der Waals surface area contributed by atoms with Gasteiger partial charge in [-0.15, -0.1) is 0 Å². The maximum atomic E-state index is 5.96. The van der Waals surface area contributed by atoms with Crippen molar-refractivity contribution in [3.63, 3.8) is 0 Å². The van der Waals surface area contributed by atoms with Crippen LogP contribution in [0.4, 0.5) is 0 Å². The number of likely N-dealkylation sites (N-methyl/N-ethyl adjacent to an activating group) is 1. The van der Waals surface area contributed by atoms with Gasteiger partial charge < -0.3 is 14.8 Å². The SMILES string of the molecule is CCCNCc1ccccc1OCCN(CC)CCOC. The third kappa shape index (κ3) is 7.46. The van der Waals surface area contributed by atoms with E-state index in [1.54, 1.807) is 7.11 Å². The van der Waals surface area contributed by atoms with Gasteiger partial charge >= 0.3 is 0 Å². The van der Waals surface area contributed by atoms with Gasteiger partial charge in [-0.1, -0.05) is 32.0 Å². The molecule has 0 saturated heterocycles. The Hall–Kier alpha value is -1.10. The van der Waals surface area contributed by atoms with Gasteiger partial charge in [-0.05, 0) is 25.6 Å². The minimum absolute atomic E-state index is 0.711. The number of methoxy groups -OCH3 is 1. The van der Waals surface area contributed by atoms with Crippen LogP contribution in [0.2, 0.25) is 0 Å².